The highest BCUT2D eigenvalue weighted by molar-refractivity contribution is 6.33. The molecule has 140 valence electrons. The number of carbonyl (C=O) groups is 1. The summed E-state index contributed by atoms with van der Waals surface area (Å²) >= 11 is 12.4. The summed E-state index contributed by atoms with van der Waals surface area (Å²) in [5.74, 6) is 0.175. The summed E-state index contributed by atoms with van der Waals surface area (Å²) < 4.78 is 5.80. The van der Waals surface area contributed by atoms with E-state index >= 15 is 0 Å². The predicted octanol–water partition coefficient (Wildman–Crippen LogP) is 6.67. The van der Waals surface area contributed by atoms with E-state index in [0.29, 0.717) is 43.9 Å². The minimum atomic E-state index is -0.190. The largest absolute Gasteiger partial charge is 0.436 e. The van der Waals surface area contributed by atoms with Gasteiger partial charge >= 0.3 is 0 Å². The standard InChI is InChI=1S/C22H16Cl2N2O2/c1-12-7-13(2)9-14(8-12)21(27)25-16-4-5-18(24)17(11-16)22-26-19-10-15(23)3-6-20(19)28-22/h3-11H,1-2H3,(H,25,27). The van der Waals surface area contributed by atoms with Crippen molar-refractivity contribution in [3.8, 4) is 11.5 Å². The molecule has 0 fully saturated rings. The highest BCUT2D eigenvalue weighted by Crippen LogP contribution is 2.33. The molecule has 0 radical (unpaired) electrons. The topological polar surface area (TPSA) is 55.1 Å². The Kier molecular flexibility index (Phi) is 4.84. The number of fused-ring (bicyclic) bond motifs is 1. The molecule has 3 aromatic carbocycles. The van der Waals surface area contributed by atoms with Crippen molar-refractivity contribution in [2.24, 2.45) is 0 Å². The van der Waals surface area contributed by atoms with E-state index in [4.69, 9.17) is 27.6 Å². The number of hydrogen-bond donors (Lipinski definition) is 1. The fourth-order valence-electron chi connectivity index (χ4n) is 3.09. The van der Waals surface area contributed by atoms with Gasteiger partial charge in [-0.1, -0.05) is 40.4 Å². The first-order valence-corrected chi connectivity index (χ1v) is 9.40. The van der Waals surface area contributed by atoms with E-state index in [-0.39, 0.29) is 5.91 Å². The second-order valence-corrected chi connectivity index (χ2v) is 7.50. The Balaban J connectivity index is 1.67. The molecule has 4 rings (SSSR count). The van der Waals surface area contributed by atoms with E-state index in [1.54, 1.807) is 36.4 Å². The van der Waals surface area contributed by atoms with Crippen LogP contribution in [-0.2, 0) is 0 Å². The molecule has 0 unspecified atom stereocenters. The quantitative estimate of drug-likeness (QED) is 0.410. The van der Waals surface area contributed by atoms with Gasteiger partial charge in [-0.3, -0.25) is 4.79 Å². The van der Waals surface area contributed by atoms with Gasteiger partial charge in [0.2, 0.25) is 5.89 Å². The number of nitrogens with one attached hydrogen (secondary N) is 1. The number of nitrogens with zero attached hydrogens (tertiary/aromatic N) is 1. The molecule has 0 bridgehead atoms. The van der Waals surface area contributed by atoms with Crippen LogP contribution in [0.15, 0.2) is 59.0 Å². The number of anilines is 1. The van der Waals surface area contributed by atoms with E-state index < -0.39 is 0 Å². The minimum Gasteiger partial charge on any atom is -0.436 e. The third kappa shape index (κ3) is 3.75. The van der Waals surface area contributed by atoms with Crippen molar-refractivity contribution >= 4 is 45.9 Å². The summed E-state index contributed by atoms with van der Waals surface area (Å²) in [5.41, 5.74) is 5.11. The number of oxazole rings is 1. The van der Waals surface area contributed by atoms with Crippen LogP contribution in [0.1, 0.15) is 21.5 Å². The van der Waals surface area contributed by atoms with Crippen LogP contribution in [0.4, 0.5) is 5.69 Å². The first kappa shape index (κ1) is 18.5. The molecular formula is C22H16Cl2N2O2. The molecule has 1 N–H and O–H groups in total. The van der Waals surface area contributed by atoms with E-state index in [0.717, 1.165) is 11.1 Å². The van der Waals surface area contributed by atoms with Gasteiger partial charge in [0.05, 0.1) is 10.6 Å². The molecule has 0 aliphatic rings. The molecule has 1 heterocycles. The molecule has 4 aromatic rings. The number of halogens is 2. The van der Waals surface area contributed by atoms with Crippen molar-refractivity contribution in [3.63, 3.8) is 0 Å². The van der Waals surface area contributed by atoms with E-state index in [2.05, 4.69) is 10.3 Å². The predicted molar refractivity (Wildman–Crippen MR) is 113 cm³/mol. The summed E-state index contributed by atoms with van der Waals surface area (Å²) in [6.07, 6.45) is 0. The van der Waals surface area contributed by atoms with Gasteiger partial charge in [-0.15, -0.1) is 0 Å². The average molecular weight is 411 g/mol. The molecule has 0 aliphatic heterocycles. The minimum absolute atomic E-state index is 0.190. The van der Waals surface area contributed by atoms with Crippen molar-refractivity contribution in [3.05, 3.63) is 81.3 Å². The van der Waals surface area contributed by atoms with Crippen LogP contribution in [0.3, 0.4) is 0 Å². The smallest absolute Gasteiger partial charge is 0.255 e. The zero-order chi connectivity index (χ0) is 19.8. The third-order valence-corrected chi connectivity index (χ3v) is 4.85. The second kappa shape index (κ2) is 7.30. The maximum absolute atomic E-state index is 12.6. The van der Waals surface area contributed by atoms with Gasteiger partial charge in [0.1, 0.15) is 5.52 Å². The lowest BCUT2D eigenvalue weighted by Gasteiger charge is -2.09. The second-order valence-electron chi connectivity index (χ2n) is 6.66. The monoisotopic (exact) mass is 410 g/mol. The SMILES string of the molecule is Cc1cc(C)cc(C(=O)Nc2ccc(Cl)c(-c3nc4cc(Cl)ccc4o3)c2)c1. The molecule has 0 saturated heterocycles. The number of hydrogen-bond acceptors (Lipinski definition) is 3. The third-order valence-electron chi connectivity index (χ3n) is 4.29. The highest BCUT2D eigenvalue weighted by atomic mass is 35.5. The molecule has 0 spiro atoms. The zero-order valence-electron chi connectivity index (χ0n) is 15.2. The molecule has 0 aliphatic carbocycles. The fourth-order valence-corrected chi connectivity index (χ4v) is 3.46. The molecule has 1 amide bonds. The Morgan fingerprint density at radius 3 is 2.46 bits per heavy atom. The van der Waals surface area contributed by atoms with Crippen LogP contribution >= 0.6 is 23.2 Å². The average Bonchev–Trinajstić information content (AvgIpc) is 3.05. The van der Waals surface area contributed by atoms with Crippen molar-refractivity contribution in [1.82, 2.24) is 4.98 Å². The van der Waals surface area contributed by atoms with Gasteiger partial charge in [0.15, 0.2) is 5.58 Å². The Morgan fingerprint density at radius 1 is 0.964 bits per heavy atom. The first-order chi connectivity index (χ1) is 13.4. The number of amides is 1. The maximum atomic E-state index is 12.6. The van der Waals surface area contributed by atoms with Gasteiger partial charge in [-0.25, -0.2) is 4.98 Å². The van der Waals surface area contributed by atoms with Gasteiger partial charge in [-0.05, 0) is 62.4 Å². The number of rotatable bonds is 3. The van der Waals surface area contributed by atoms with Gasteiger partial charge < -0.3 is 9.73 Å². The lowest BCUT2D eigenvalue weighted by Crippen LogP contribution is -2.12. The van der Waals surface area contributed by atoms with Gasteiger partial charge in [0, 0.05) is 16.3 Å². The van der Waals surface area contributed by atoms with Crippen LogP contribution in [-0.4, -0.2) is 10.9 Å². The summed E-state index contributed by atoms with van der Waals surface area (Å²) in [5, 5.41) is 3.96. The molecule has 1 aromatic heterocycles. The zero-order valence-corrected chi connectivity index (χ0v) is 16.7. The van der Waals surface area contributed by atoms with Gasteiger partial charge in [-0.2, -0.15) is 0 Å². The number of aryl methyl sites for hydroxylation is 2. The Bertz CT molecular complexity index is 1190. The Hall–Kier alpha value is -2.82. The first-order valence-electron chi connectivity index (χ1n) is 8.65. The lowest BCUT2D eigenvalue weighted by atomic mass is 10.1. The van der Waals surface area contributed by atoms with E-state index in [1.807, 2.05) is 32.0 Å². The van der Waals surface area contributed by atoms with Crippen molar-refractivity contribution < 1.29 is 9.21 Å². The Labute approximate surface area is 172 Å². The summed E-state index contributed by atoms with van der Waals surface area (Å²) in [7, 11) is 0. The normalized spacial score (nSPS) is 11.0. The lowest BCUT2D eigenvalue weighted by molar-refractivity contribution is 0.102. The van der Waals surface area contributed by atoms with Gasteiger partial charge in [0.25, 0.3) is 5.91 Å². The van der Waals surface area contributed by atoms with Crippen LogP contribution in [0.5, 0.6) is 0 Å². The van der Waals surface area contributed by atoms with Crippen LogP contribution < -0.4 is 5.32 Å². The fraction of sp³-hybridized carbons (Fsp3) is 0.0909. The molecule has 0 atom stereocenters. The van der Waals surface area contributed by atoms with Crippen molar-refractivity contribution in [1.29, 1.82) is 0 Å². The summed E-state index contributed by atoms with van der Waals surface area (Å²) in [6, 6.07) is 16.1. The van der Waals surface area contributed by atoms with Crippen LogP contribution in [0, 0.1) is 13.8 Å². The van der Waals surface area contributed by atoms with E-state index in [9.17, 15) is 4.79 Å². The van der Waals surface area contributed by atoms with E-state index in [1.165, 1.54) is 0 Å². The van der Waals surface area contributed by atoms with Crippen LogP contribution in [0.25, 0.3) is 22.6 Å². The maximum Gasteiger partial charge on any atom is 0.255 e. The molecular weight excluding hydrogens is 395 g/mol. The molecule has 28 heavy (non-hydrogen) atoms. The molecule has 6 heteroatoms. The number of carbonyl (C=O) groups excluding carboxylic acids is 1. The molecule has 4 nitrogen and oxygen atoms in total. The number of benzene rings is 3. The summed E-state index contributed by atoms with van der Waals surface area (Å²) in [6.45, 7) is 3.92. The number of aromatic nitrogens is 1. The van der Waals surface area contributed by atoms with Crippen molar-refractivity contribution in [2.45, 2.75) is 13.8 Å². The highest BCUT2D eigenvalue weighted by Gasteiger charge is 2.14. The van der Waals surface area contributed by atoms with Crippen molar-refractivity contribution in [2.75, 3.05) is 5.32 Å². The Morgan fingerprint density at radius 2 is 1.71 bits per heavy atom. The molecule has 0 saturated carbocycles. The van der Waals surface area contributed by atoms with Crippen LogP contribution in [0.2, 0.25) is 10.0 Å². The summed E-state index contributed by atoms with van der Waals surface area (Å²) in [4.78, 5) is 17.1.